The molecule has 2 heterocycles. The van der Waals surface area contributed by atoms with Crippen LogP contribution >= 0.6 is 0 Å². The number of urea groups is 1. The van der Waals surface area contributed by atoms with Gasteiger partial charge in [0, 0.05) is 50.5 Å². The van der Waals surface area contributed by atoms with Gasteiger partial charge < -0.3 is 10.2 Å². The molecule has 2 aliphatic rings. The maximum Gasteiger partial charge on any atom is 0.324 e. The zero-order valence-electron chi connectivity index (χ0n) is 13.8. The molecule has 2 saturated heterocycles. The molecule has 24 heavy (non-hydrogen) atoms. The fraction of sp³-hybridized carbons (Fsp3) is 0.471. The van der Waals surface area contributed by atoms with E-state index in [0.717, 1.165) is 31.9 Å². The number of ketones is 1. The van der Waals surface area contributed by atoms with Crippen molar-refractivity contribution in [2.45, 2.75) is 6.92 Å². The number of anilines is 1. The molecule has 2 aliphatic heterocycles. The van der Waals surface area contributed by atoms with Crippen LogP contribution in [0.15, 0.2) is 24.3 Å². The van der Waals surface area contributed by atoms with Crippen molar-refractivity contribution in [2.75, 3.05) is 50.7 Å². The summed E-state index contributed by atoms with van der Waals surface area (Å²) in [6, 6.07) is 7.33. The van der Waals surface area contributed by atoms with E-state index in [1.54, 1.807) is 6.92 Å². The minimum absolute atomic E-state index is 0.0656. The molecule has 2 fully saturated rings. The van der Waals surface area contributed by atoms with Gasteiger partial charge in [-0.1, -0.05) is 0 Å². The Bertz CT molecular complexity index is 636. The molecule has 0 atom stereocenters. The average Bonchev–Trinajstić information content (AvgIpc) is 3.02. The van der Waals surface area contributed by atoms with Crippen molar-refractivity contribution in [3.05, 3.63) is 29.8 Å². The molecule has 128 valence electrons. The third-order valence-corrected chi connectivity index (χ3v) is 4.53. The molecule has 3 amide bonds. The summed E-state index contributed by atoms with van der Waals surface area (Å²) >= 11 is 0. The summed E-state index contributed by atoms with van der Waals surface area (Å²) < 4.78 is 0. The van der Waals surface area contributed by atoms with Crippen LogP contribution in [0.4, 0.5) is 10.5 Å². The number of Topliss-reactive ketones (excluding diaryl/α,β-unsaturated/α-hetero) is 1. The summed E-state index contributed by atoms with van der Waals surface area (Å²) in [6.45, 7) is 6.02. The molecule has 0 radical (unpaired) electrons. The number of nitrogens with one attached hydrogen (secondary N) is 1. The Kier molecular flexibility index (Phi) is 4.80. The smallest absolute Gasteiger partial charge is 0.324 e. The summed E-state index contributed by atoms with van der Waals surface area (Å²) in [5.74, 6) is -0.0694. The zero-order valence-corrected chi connectivity index (χ0v) is 13.8. The number of benzene rings is 1. The van der Waals surface area contributed by atoms with Gasteiger partial charge in [0.1, 0.15) is 0 Å². The number of carbonyl (C=O) groups excluding carboxylic acids is 3. The summed E-state index contributed by atoms with van der Waals surface area (Å²) in [7, 11) is 0. The Morgan fingerprint density at radius 3 is 2.25 bits per heavy atom. The number of hydrogen-bond donors (Lipinski definition) is 1. The van der Waals surface area contributed by atoms with Crippen LogP contribution in [0, 0.1) is 0 Å². The number of carbonyl (C=O) groups is 3. The van der Waals surface area contributed by atoms with Gasteiger partial charge in [0.15, 0.2) is 5.78 Å². The predicted molar refractivity (Wildman–Crippen MR) is 90.2 cm³/mol. The highest BCUT2D eigenvalue weighted by Crippen LogP contribution is 2.17. The number of nitrogens with zero attached hydrogens (tertiary/aromatic N) is 3. The third-order valence-electron chi connectivity index (χ3n) is 4.53. The number of piperazine rings is 1. The van der Waals surface area contributed by atoms with E-state index in [9.17, 15) is 14.4 Å². The topological polar surface area (TPSA) is 73.0 Å². The second-order valence-electron chi connectivity index (χ2n) is 6.14. The van der Waals surface area contributed by atoms with E-state index in [1.165, 1.54) is 4.90 Å². The van der Waals surface area contributed by atoms with Gasteiger partial charge in [0.25, 0.3) is 0 Å². The standard InChI is InChI=1S/C17H22N4O3/c1-13(22)14-2-4-15(5-3-14)20-10-8-19(9-11-20)12-16(23)21-7-6-18-17(21)24/h2-5H,6-12H2,1H3,(H,18,24). The molecule has 7 nitrogen and oxygen atoms in total. The molecule has 1 aromatic carbocycles. The molecule has 0 bridgehead atoms. The number of rotatable bonds is 4. The summed E-state index contributed by atoms with van der Waals surface area (Å²) in [5, 5.41) is 2.64. The van der Waals surface area contributed by atoms with Crippen LogP contribution in [-0.4, -0.2) is 73.3 Å². The minimum atomic E-state index is -0.288. The van der Waals surface area contributed by atoms with Gasteiger partial charge in [-0.05, 0) is 31.2 Å². The summed E-state index contributed by atoms with van der Waals surface area (Å²) in [4.78, 5) is 40.6. The van der Waals surface area contributed by atoms with Crippen molar-refractivity contribution >= 4 is 23.4 Å². The van der Waals surface area contributed by atoms with Crippen molar-refractivity contribution in [3.63, 3.8) is 0 Å². The molecular formula is C17H22N4O3. The highest BCUT2D eigenvalue weighted by atomic mass is 16.2. The van der Waals surface area contributed by atoms with E-state index >= 15 is 0 Å². The first kappa shape index (κ1) is 16.4. The van der Waals surface area contributed by atoms with Crippen LogP contribution in [0.5, 0.6) is 0 Å². The molecule has 3 rings (SSSR count). The molecule has 0 unspecified atom stereocenters. The molecule has 1 N–H and O–H groups in total. The van der Waals surface area contributed by atoms with Crippen molar-refractivity contribution in [2.24, 2.45) is 0 Å². The largest absolute Gasteiger partial charge is 0.369 e. The van der Waals surface area contributed by atoms with Crippen molar-refractivity contribution < 1.29 is 14.4 Å². The zero-order chi connectivity index (χ0) is 17.1. The Hall–Kier alpha value is -2.41. The number of hydrogen-bond acceptors (Lipinski definition) is 5. The van der Waals surface area contributed by atoms with E-state index in [0.29, 0.717) is 18.7 Å². The Balaban J connectivity index is 1.51. The second-order valence-corrected chi connectivity index (χ2v) is 6.14. The first-order valence-electron chi connectivity index (χ1n) is 8.21. The molecule has 0 spiro atoms. The fourth-order valence-electron chi connectivity index (χ4n) is 3.06. The van der Waals surface area contributed by atoms with E-state index in [-0.39, 0.29) is 24.3 Å². The fourth-order valence-corrected chi connectivity index (χ4v) is 3.06. The normalized spacial score (nSPS) is 18.6. The highest BCUT2D eigenvalue weighted by Gasteiger charge is 2.28. The lowest BCUT2D eigenvalue weighted by Crippen LogP contribution is -2.50. The van der Waals surface area contributed by atoms with E-state index in [2.05, 4.69) is 15.1 Å². The van der Waals surface area contributed by atoms with E-state index < -0.39 is 0 Å². The number of amides is 3. The maximum absolute atomic E-state index is 12.2. The predicted octanol–water partition coefficient (Wildman–Crippen LogP) is 0.563. The number of imide groups is 1. The van der Waals surface area contributed by atoms with Crippen LogP contribution in [0.2, 0.25) is 0 Å². The van der Waals surface area contributed by atoms with Gasteiger partial charge in [-0.3, -0.25) is 19.4 Å². The van der Waals surface area contributed by atoms with Gasteiger partial charge in [-0.2, -0.15) is 0 Å². The maximum atomic E-state index is 12.2. The van der Waals surface area contributed by atoms with Gasteiger partial charge in [0.05, 0.1) is 6.54 Å². The van der Waals surface area contributed by atoms with E-state index in [4.69, 9.17) is 0 Å². The van der Waals surface area contributed by atoms with Gasteiger partial charge in [-0.25, -0.2) is 4.79 Å². The molecular weight excluding hydrogens is 308 g/mol. The average molecular weight is 330 g/mol. The van der Waals surface area contributed by atoms with Crippen molar-refractivity contribution in [1.29, 1.82) is 0 Å². The SMILES string of the molecule is CC(=O)c1ccc(N2CCN(CC(=O)N3CCNC3=O)CC2)cc1. The molecule has 0 aromatic heterocycles. The highest BCUT2D eigenvalue weighted by molar-refractivity contribution is 5.96. The van der Waals surface area contributed by atoms with Gasteiger partial charge >= 0.3 is 6.03 Å². The molecule has 0 aliphatic carbocycles. The Morgan fingerprint density at radius 1 is 1.04 bits per heavy atom. The molecule has 7 heteroatoms. The summed E-state index contributed by atoms with van der Waals surface area (Å²) in [6.07, 6.45) is 0. The first-order valence-corrected chi connectivity index (χ1v) is 8.21. The monoisotopic (exact) mass is 330 g/mol. The van der Waals surface area contributed by atoms with Crippen LogP contribution in [0.1, 0.15) is 17.3 Å². The molecule has 1 aromatic rings. The van der Waals surface area contributed by atoms with Crippen molar-refractivity contribution in [3.8, 4) is 0 Å². The van der Waals surface area contributed by atoms with Crippen LogP contribution in [-0.2, 0) is 4.79 Å². The van der Waals surface area contributed by atoms with Gasteiger partial charge in [-0.15, -0.1) is 0 Å². The lowest BCUT2D eigenvalue weighted by molar-refractivity contribution is -0.128. The minimum Gasteiger partial charge on any atom is -0.369 e. The molecule has 0 saturated carbocycles. The van der Waals surface area contributed by atoms with Gasteiger partial charge in [0.2, 0.25) is 5.91 Å². The second kappa shape index (κ2) is 7.00. The van der Waals surface area contributed by atoms with Crippen molar-refractivity contribution in [1.82, 2.24) is 15.1 Å². The lowest BCUT2D eigenvalue weighted by Gasteiger charge is -2.36. The van der Waals surface area contributed by atoms with E-state index in [1.807, 2.05) is 24.3 Å². The van der Waals surface area contributed by atoms with Crippen LogP contribution in [0.25, 0.3) is 0 Å². The van der Waals surface area contributed by atoms with Crippen LogP contribution < -0.4 is 10.2 Å². The summed E-state index contributed by atoms with van der Waals surface area (Å²) in [5.41, 5.74) is 1.80. The Morgan fingerprint density at radius 2 is 1.71 bits per heavy atom. The lowest BCUT2D eigenvalue weighted by atomic mass is 10.1. The third kappa shape index (κ3) is 3.56. The quantitative estimate of drug-likeness (QED) is 0.817. The first-order chi connectivity index (χ1) is 11.5. The Labute approximate surface area is 141 Å². The van der Waals surface area contributed by atoms with Crippen LogP contribution in [0.3, 0.4) is 0 Å².